The molecule has 0 spiro atoms. The highest BCUT2D eigenvalue weighted by Crippen LogP contribution is 2.67. The van der Waals surface area contributed by atoms with Crippen LogP contribution >= 0.6 is 0 Å². The Morgan fingerprint density at radius 2 is 1.77 bits per heavy atom. The molecular weight excluding hydrogens is 384 g/mol. The van der Waals surface area contributed by atoms with Crippen molar-refractivity contribution in [2.45, 2.75) is 129 Å². The quantitative estimate of drug-likeness (QED) is 0.474. The standard InChI is InChI=1S/C27H48N2O2/c1-18(2)7-9-21(30)16-19-8-10-23-22-6-5-13-27(28)17-20(29-31)11-15-26(27,4)24(22)12-14-25(19,23)3/h18-24,30H,5-17,28H2,1-4H3. The second-order valence-corrected chi connectivity index (χ2v) is 13.0. The van der Waals surface area contributed by atoms with Crippen molar-refractivity contribution in [1.82, 2.24) is 0 Å². The summed E-state index contributed by atoms with van der Waals surface area (Å²) in [6.07, 6.45) is 14.5. The molecule has 0 aliphatic heterocycles. The van der Waals surface area contributed by atoms with Gasteiger partial charge in [0.1, 0.15) is 0 Å². The molecule has 4 rings (SSSR count). The van der Waals surface area contributed by atoms with Gasteiger partial charge in [-0.1, -0.05) is 39.3 Å². The lowest BCUT2D eigenvalue weighted by Crippen LogP contribution is -2.62. The summed E-state index contributed by atoms with van der Waals surface area (Å²) in [5.41, 5.74) is 7.47. The maximum atomic E-state index is 11.3. The van der Waals surface area contributed by atoms with E-state index in [4.69, 9.17) is 5.73 Å². The molecule has 3 N–H and O–H groups in total. The molecule has 4 heteroatoms. The molecule has 4 fully saturated rings. The zero-order valence-corrected chi connectivity index (χ0v) is 20.6. The van der Waals surface area contributed by atoms with Gasteiger partial charge in [0, 0.05) is 5.54 Å². The lowest BCUT2D eigenvalue weighted by atomic mass is 9.47. The topological polar surface area (TPSA) is 75.7 Å². The van der Waals surface area contributed by atoms with Crippen molar-refractivity contribution in [2.75, 3.05) is 0 Å². The van der Waals surface area contributed by atoms with Gasteiger partial charge in [-0.05, 0) is 117 Å². The van der Waals surface area contributed by atoms with Gasteiger partial charge in [0.2, 0.25) is 0 Å². The van der Waals surface area contributed by atoms with Crippen LogP contribution in [0.4, 0.5) is 0 Å². The van der Waals surface area contributed by atoms with Crippen molar-refractivity contribution < 1.29 is 5.11 Å². The fourth-order valence-electron chi connectivity index (χ4n) is 9.11. The van der Waals surface area contributed by atoms with Crippen LogP contribution in [-0.4, -0.2) is 22.8 Å². The molecule has 4 aliphatic rings. The maximum Gasteiger partial charge on any atom is 0.0937 e. The van der Waals surface area contributed by atoms with Crippen LogP contribution in [0.5, 0.6) is 0 Å². The highest BCUT2D eigenvalue weighted by molar-refractivity contribution is 5.15. The average Bonchev–Trinajstić information content (AvgIpc) is 2.99. The highest BCUT2D eigenvalue weighted by Gasteiger charge is 2.62. The molecule has 4 nitrogen and oxygen atoms in total. The Hall–Kier alpha value is -0.480. The minimum atomic E-state index is -0.220. The molecule has 178 valence electrons. The van der Waals surface area contributed by atoms with Crippen molar-refractivity contribution in [2.24, 2.45) is 51.3 Å². The Labute approximate surface area is 190 Å². The fourth-order valence-corrected chi connectivity index (χ4v) is 9.11. The third kappa shape index (κ3) is 4.03. The summed E-state index contributed by atoms with van der Waals surface area (Å²) in [6.45, 7) is 9.55. The van der Waals surface area contributed by atoms with E-state index in [1.54, 1.807) is 0 Å². The number of aliphatic hydroxyl groups is 1. The predicted molar refractivity (Wildman–Crippen MR) is 128 cm³/mol. The van der Waals surface area contributed by atoms with Crippen LogP contribution in [0.3, 0.4) is 0 Å². The van der Waals surface area contributed by atoms with Gasteiger partial charge in [-0.2, -0.15) is 4.91 Å². The second-order valence-electron chi connectivity index (χ2n) is 13.0. The van der Waals surface area contributed by atoms with E-state index < -0.39 is 0 Å². The third-order valence-electron chi connectivity index (χ3n) is 11.1. The molecule has 0 heterocycles. The molecule has 4 saturated carbocycles. The second kappa shape index (κ2) is 8.70. The van der Waals surface area contributed by atoms with Crippen molar-refractivity contribution in [3.63, 3.8) is 0 Å². The first-order valence-corrected chi connectivity index (χ1v) is 13.4. The Bertz CT molecular complexity index is 653. The monoisotopic (exact) mass is 432 g/mol. The van der Waals surface area contributed by atoms with Gasteiger partial charge in [-0.15, -0.1) is 0 Å². The van der Waals surface area contributed by atoms with Gasteiger partial charge in [-0.25, -0.2) is 0 Å². The van der Waals surface area contributed by atoms with E-state index >= 15 is 0 Å². The first-order valence-electron chi connectivity index (χ1n) is 13.4. The molecule has 0 aromatic carbocycles. The predicted octanol–water partition coefficient (Wildman–Crippen LogP) is 6.44. The fraction of sp³-hybridized carbons (Fsp3) is 1.00. The largest absolute Gasteiger partial charge is 0.393 e. The average molecular weight is 433 g/mol. The zero-order valence-electron chi connectivity index (χ0n) is 20.6. The lowest BCUT2D eigenvalue weighted by Gasteiger charge is -2.59. The van der Waals surface area contributed by atoms with E-state index in [1.807, 2.05) is 0 Å². The van der Waals surface area contributed by atoms with Crippen molar-refractivity contribution in [1.29, 1.82) is 0 Å². The minimum absolute atomic E-state index is 0.0772. The van der Waals surface area contributed by atoms with E-state index in [9.17, 15) is 10.0 Å². The normalized spacial score (nSPS) is 48.4. The number of nitrogens with zero attached hydrogens (tertiary/aromatic N) is 1. The summed E-state index contributed by atoms with van der Waals surface area (Å²) in [5, 5.41) is 14.2. The van der Waals surface area contributed by atoms with Crippen LogP contribution in [0.15, 0.2) is 5.18 Å². The van der Waals surface area contributed by atoms with Crippen LogP contribution in [0, 0.1) is 45.3 Å². The van der Waals surface area contributed by atoms with E-state index in [-0.39, 0.29) is 23.1 Å². The van der Waals surface area contributed by atoms with Crippen molar-refractivity contribution >= 4 is 0 Å². The van der Waals surface area contributed by atoms with Gasteiger partial charge in [0.05, 0.1) is 12.1 Å². The number of nitrogens with two attached hydrogens (primary N) is 1. The Balaban J connectivity index is 1.51. The highest BCUT2D eigenvalue weighted by atomic mass is 16.3. The lowest BCUT2D eigenvalue weighted by molar-refractivity contribution is -0.0808. The molecule has 9 atom stereocenters. The van der Waals surface area contributed by atoms with Gasteiger partial charge in [0.15, 0.2) is 0 Å². The first-order chi connectivity index (χ1) is 14.6. The summed E-state index contributed by atoms with van der Waals surface area (Å²) in [4.78, 5) is 11.3. The Morgan fingerprint density at radius 3 is 2.48 bits per heavy atom. The molecule has 0 aromatic heterocycles. The SMILES string of the molecule is CC(C)CCC(O)CC1CCC2C3CCCC4(N)CC(N=O)CCC4(C)C3CCC12C. The smallest absolute Gasteiger partial charge is 0.0937 e. The number of hydrogen-bond acceptors (Lipinski definition) is 4. The first kappa shape index (κ1) is 23.7. The van der Waals surface area contributed by atoms with Crippen LogP contribution in [0.25, 0.3) is 0 Å². The molecule has 0 saturated heterocycles. The molecule has 9 unspecified atom stereocenters. The number of rotatable bonds is 6. The molecule has 4 aliphatic carbocycles. The molecule has 0 aromatic rings. The molecule has 0 bridgehead atoms. The summed E-state index contributed by atoms with van der Waals surface area (Å²) < 4.78 is 0. The Kier molecular flexibility index (Phi) is 6.65. The minimum Gasteiger partial charge on any atom is -0.393 e. The number of nitroso groups, excluding NO2 is 1. The van der Waals surface area contributed by atoms with Crippen LogP contribution in [0.2, 0.25) is 0 Å². The van der Waals surface area contributed by atoms with Crippen molar-refractivity contribution in [3.8, 4) is 0 Å². The zero-order chi connectivity index (χ0) is 22.4. The van der Waals surface area contributed by atoms with Gasteiger partial charge in [-0.3, -0.25) is 0 Å². The number of fused-ring (bicyclic) bond motifs is 5. The van der Waals surface area contributed by atoms with E-state index in [1.165, 1.54) is 38.5 Å². The summed E-state index contributed by atoms with van der Waals surface area (Å²) in [5.74, 6) is 3.59. The molecule has 0 radical (unpaired) electrons. The van der Waals surface area contributed by atoms with E-state index in [0.29, 0.717) is 23.2 Å². The van der Waals surface area contributed by atoms with Gasteiger partial charge in [0.25, 0.3) is 0 Å². The van der Waals surface area contributed by atoms with Crippen molar-refractivity contribution in [3.05, 3.63) is 4.91 Å². The van der Waals surface area contributed by atoms with Gasteiger partial charge >= 0.3 is 0 Å². The van der Waals surface area contributed by atoms with Crippen LogP contribution in [-0.2, 0) is 0 Å². The molecule has 31 heavy (non-hydrogen) atoms. The molecular formula is C27H48N2O2. The van der Waals surface area contributed by atoms with E-state index in [0.717, 1.165) is 56.8 Å². The maximum absolute atomic E-state index is 11.3. The summed E-state index contributed by atoms with van der Waals surface area (Å²) >= 11 is 0. The molecule has 0 amide bonds. The summed E-state index contributed by atoms with van der Waals surface area (Å²) in [7, 11) is 0. The van der Waals surface area contributed by atoms with Crippen LogP contribution < -0.4 is 5.73 Å². The number of hydrogen-bond donors (Lipinski definition) is 2. The van der Waals surface area contributed by atoms with E-state index in [2.05, 4.69) is 32.9 Å². The third-order valence-corrected chi connectivity index (χ3v) is 11.1. The van der Waals surface area contributed by atoms with Crippen LogP contribution in [0.1, 0.15) is 111 Å². The summed E-state index contributed by atoms with van der Waals surface area (Å²) in [6, 6.07) is -0.0772. The Morgan fingerprint density at radius 1 is 1.00 bits per heavy atom. The van der Waals surface area contributed by atoms with Gasteiger partial charge < -0.3 is 10.8 Å². The number of aliphatic hydroxyl groups excluding tert-OH is 1.